The van der Waals surface area contributed by atoms with Crippen LogP contribution >= 0.6 is 31.9 Å². The summed E-state index contributed by atoms with van der Waals surface area (Å²) in [6.45, 7) is 0.662. The molecule has 4 heteroatoms. The Bertz CT molecular complexity index is 533. The van der Waals surface area contributed by atoms with Crippen molar-refractivity contribution in [3.8, 4) is 11.5 Å². The molecular weight excluding hydrogens is 384 g/mol. The number of aromatic hydroxyl groups is 1. The van der Waals surface area contributed by atoms with Gasteiger partial charge < -0.3 is 9.84 Å². The van der Waals surface area contributed by atoms with Crippen LogP contribution in [0.1, 0.15) is 18.4 Å². The number of hydrogen-bond acceptors (Lipinski definition) is 2. The van der Waals surface area contributed by atoms with Crippen LogP contribution in [0.4, 0.5) is 0 Å². The summed E-state index contributed by atoms with van der Waals surface area (Å²) in [6, 6.07) is 13.7. The molecule has 2 aromatic carbocycles. The Balaban J connectivity index is 1.76. The molecule has 0 saturated heterocycles. The zero-order valence-corrected chi connectivity index (χ0v) is 14.2. The monoisotopic (exact) mass is 398 g/mol. The van der Waals surface area contributed by atoms with Crippen LogP contribution in [-0.4, -0.2) is 11.7 Å². The van der Waals surface area contributed by atoms with Gasteiger partial charge in [-0.25, -0.2) is 0 Å². The molecule has 0 spiro atoms. The lowest BCUT2D eigenvalue weighted by Crippen LogP contribution is -1.99. The van der Waals surface area contributed by atoms with Gasteiger partial charge in [-0.3, -0.25) is 0 Å². The highest BCUT2D eigenvalue weighted by Gasteiger charge is 2.08. The molecule has 0 unspecified atom stereocenters. The van der Waals surface area contributed by atoms with E-state index in [0.29, 0.717) is 6.61 Å². The highest BCUT2D eigenvalue weighted by atomic mass is 79.9. The highest BCUT2D eigenvalue weighted by Crippen LogP contribution is 2.36. The molecule has 0 aliphatic carbocycles. The molecule has 2 nitrogen and oxygen atoms in total. The van der Waals surface area contributed by atoms with Crippen molar-refractivity contribution in [3.63, 3.8) is 0 Å². The number of ether oxygens (including phenoxy) is 1. The molecule has 0 bridgehead atoms. The van der Waals surface area contributed by atoms with Crippen molar-refractivity contribution in [2.45, 2.75) is 19.3 Å². The molecule has 0 radical (unpaired) electrons. The van der Waals surface area contributed by atoms with Crippen LogP contribution < -0.4 is 4.74 Å². The van der Waals surface area contributed by atoms with Gasteiger partial charge in [-0.1, -0.05) is 30.3 Å². The van der Waals surface area contributed by atoms with Crippen molar-refractivity contribution in [2.24, 2.45) is 0 Å². The summed E-state index contributed by atoms with van der Waals surface area (Å²) in [5.41, 5.74) is 1.36. The number of benzene rings is 2. The number of halogens is 2. The normalized spacial score (nSPS) is 10.5. The predicted molar refractivity (Wildman–Crippen MR) is 88.4 cm³/mol. The van der Waals surface area contributed by atoms with E-state index in [-0.39, 0.29) is 5.75 Å². The third-order valence-electron chi connectivity index (χ3n) is 2.93. The van der Waals surface area contributed by atoms with Crippen LogP contribution in [0, 0.1) is 0 Å². The molecular formula is C16H16Br2O2. The van der Waals surface area contributed by atoms with Gasteiger partial charge in [0.25, 0.3) is 0 Å². The van der Waals surface area contributed by atoms with Crippen LogP contribution in [0.3, 0.4) is 0 Å². The van der Waals surface area contributed by atoms with Crippen LogP contribution in [0.25, 0.3) is 0 Å². The van der Waals surface area contributed by atoms with Gasteiger partial charge in [-0.2, -0.15) is 0 Å². The van der Waals surface area contributed by atoms with Gasteiger partial charge in [0, 0.05) is 0 Å². The minimum atomic E-state index is 0.208. The minimum absolute atomic E-state index is 0.208. The SMILES string of the molecule is Oc1cc(Br)c(OCCCCc2ccccc2)c(Br)c1. The largest absolute Gasteiger partial charge is 0.508 e. The van der Waals surface area contributed by atoms with Crippen LogP contribution in [-0.2, 0) is 6.42 Å². The average molecular weight is 400 g/mol. The second kappa shape index (κ2) is 7.70. The van der Waals surface area contributed by atoms with E-state index in [2.05, 4.69) is 56.1 Å². The van der Waals surface area contributed by atoms with Gasteiger partial charge in [0.2, 0.25) is 0 Å². The van der Waals surface area contributed by atoms with Crippen molar-refractivity contribution in [2.75, 3.05) is 6.61 Å². The lowest BCUT2D eigenvalue weighted by atomic mass is 10.1. The summed E-state index contributed by atoms with van der Waals surface area (Å²) < 4.78 is 7.27. The summed E-state index contributed by atoms with van der Waals surface area (Å²) in [5, 5.41) is 9.44. The maximum Gasteiger partial charge on any atom is 0.147 e. The Morgan fingerprint density at radius 3 is 2.25 bits per heavy atom. The summed E-state index contributed by atoms with van der Waals surface area (Å²) in [4.78, 5) is 0. The van der Waals surface area contributed by atoms with E-state index in [4.69, 9.17) is 4.74 Å². The summed E-state index contributed by atoms with van der Waals surface area (Å²) in [7, 11) is 0. The summed E-state index contributed by atoms with van der Waals surface area (Å²) >= 11 is 6.78. The Morgan fingerprint density at radius 2 is 1.60 bits per heavy atom. The third kappa shape index (κ3) is 4.53. The first-order valence-electron chi connectivity index (χ1n) is 6.51. The van der Waals surface area contributed by atoms with Crippen LogP contribution in [0.2, 0.25) is 0 Å². The molecule has 0 aliphatic rings. The van der Waals surface area contributed by atoms with Gasteiger partial charge >= 0.3 is 0 Å². The first kappa shape index (κ1) is 15.4. The quantitative estimate of drug-likeness (QED) is 0.666. The Hall–Kier alpha value is -1.00. The Labute approximate surface area is 136 Å². The van der Waals surface area contributed by atoms with Crippen molar-refractivity contribution in [1.82, 2.24) is 0 Å². The molecule has 20 heavy (non-hydrogen) atoms. The van der Waals surface area contributed by atoms with Crippen LogP contribution in [0.15, 0.2) is 51.4 Å². The van der Waals surface area contributed by atoms with E-state index in [1.807, 2.05) is 6.07 Å². The van der Waals surface area contributed by atoms with Gasteiger partial charge in [-0.05, 0) is 68.8 Å². The van der Waals surface area contributed by atoms with Crippen molar-refractivity contribution in [3.05, 3.63) is 57.0 Å². The standard InChI is InChI=1S/C16H16Br2O2/c17-14-10-13(19)11-15(18)16(14)20-9-5-4-8-12-6-2-1-3-7-12/h1-3,6-7,10-11,19H,4-5,8-9H2. The van der Waals surface area contributed by atoms with Crippen molar-refractivity contribution < 1.29 is 9.84 Å². The van der Waals surface area contributed by atoms with E-state index in [1.165, 1.54) is 5.56 Å². The van der Waals surface area contributed by atoms with E-state index in [9.17, 15) is 5.11 Å². The number of aryl methyl sites for hydroxylation is 1. The first-order chi connectivity index (χ1) is 9.66. The number of hydrogen-bond donors (Lipinski definition) is 1. The molecule has 0 saturated carbocycles. The average Bonchev–Trinajstić information content (AvgIpc) is 2.42. The number of phenolic OH excluding ortho intramolecular Hbond substituents is 1. The smallest absolute Gasteiger partial charge is 0.147 e. The molecule has 0 aromatic heterocycles. The molecule has 2 rings (SSSR count). The zero-order chi connectivity index (χ0) is 14.4. The van der Waals surface area contributed by atoms with Gasteiger partial charge in [0.1, 0.15) is 11.5 Å². The lowest BCUT2D eigenvalue weighted by Gasteiger charge is -2.10. The molecule has 1 N–H and O–H groups in total. The van der Waals surface area contributed by atoms with Crippen LogP contribution in [0.5, 0.6) is 11.5 Å². The van der Waals surface area contributed by atoms with Crippen molar-refractivity contribution in [1.29, 1.82) is 0 Å². The Kier molecular flexibility index (Phi) is 5.92. The maximum absolute atomic E-state index is 9.44. The molecule has 106 valence electrons. The molecule has 0 amide bonds. The van der Waals surface area contributed by atoms with Gasteiger partial charge in [0.15, 0.2) is 0 Å². The molecule has 2 aromatic rings. The zero-order valence-electron chi connectivity index (χ0n) is 11.0. The third-order valence-corrected chi connectivity index (χ3v) is 4.11. The second-order valence-electron chi connectivity index (χ2n) is 4.53. The van der Waals surface area contributed by atoms with E-state index in [1.54, 1.807) is 12.1 Å². The second-order valence-corrected chi connectivity index (χ2v) is 6.24. The molecule has 0 aliphatic heterocycles. The maximum atomic E-state index is 9.44. The number of rotatable bonds is 6. The summed E-state index contributed by atoms with van der Waals surface area (Å²) in [5.74, 6) is 0.947. The molecule has 0 heterocycles. The molecule has 0 atom stereocenters. The molecule has 0 fully saturated rings. The van der Waals surface area contributed by atoms with Gasteiger partial charge in [0.05, 0.1) is 15.6 Å². The fourth-order valence-electron chi connectivity index (χ4n) is 1.93. The summed E-state index contributed by atoms with van der Waals surface area (Å²) in [6.07, 6.45) is 3.16. The van der Waals surface area contributed by atoms with Crippen molar-refractivity contribution >= 4 is 31.9 Å². The topological polar surface area (TPSA) is 29.5 Å². The predicted octanol–water partition coefficient (Wildman–Crippen LogP) is 5.32. The minimum Gasteiger partial charge on any atom is -0.508 e. The fourth-order valence-corrected chi connectivity index (χ4v) is 3.33. The van der Waals surface area contributed by atoms with E-state index < -0.39 is 0 Å². The Morgan fingerprint density at radius 1 is 0.950 bits per heavy atom. The fraction of sp³-hybridized carbons (Fsp3) is 0.250. The lowest BCUT2D eigenvalue weighted by molar-refractivity contribution is 0.302. The first-order valence-corrected chi connectivity index (χ1v) is 8.10. The van der Waals surface area contributed by atoms with E-state index in [0.717, 1.165) is 34.0 Å². The van der Waals surface area contributed by atoms with E-state index >= 15 is 0 Å². The number of unbranched alkanes of at least 4 members (excludes halogenated alkanes) is 1. The number of phenols is 1. The highest BCUT2D eigenvalue weighted by molar-refractivity contribution is 9.11. The van der Waals surface area contributed by atoms with Gasteiger partial charge in [-0.15, -0.1) is 0 Å².